The Hall–Kier alpha value is -3.98. The Morgan fingerprint density at radius 3 is 2.43 bits per heavy atom. The normalized spacial score (nSPS) is 11.8. The van der Waals surface area contributed by atoms with Crippen molar-refractivity contribution < 1.29 is 14.3 Å². The Morgan fingerprint density at radius 1 is 1.09 bits per heavy atom. The molecule has 9 heteroatoms. The summed E-state index contributed by atoms with van der Waals surface area (Å²) < 4.78 is 6.27. The van der Waals surface area contributed by atoms with Gasteiger partial charge >= 0.3 is 0 Å². The standard InChI is InChI=1S/C26H26N4O4S/c1-17(14-20-6-5-13-35-20)29(15-18-9-11-19(34-2)12-10-18)23(31)16-30-26(33)22-8-4-3-7-21(22)24(28-30)25(27)32/h3-13,17H,14-16H2,1-2H3,(H2,27,32)/t17-/m0/s1. The van der Waals surface area contributed by atoms with Gasteiger partial charge in [-0.2, -0.15) is 5.10 Å². The Labute approximate surface area is 206 Å². The second kappa shape index (κ2) is 10.5. The van der Waals surface area contributed by atoms with Gasteiger partial charge < -0.3 is 15.4 Å². The number of thiophene rings is 1. The Kier molecular flexibility index (Phi) is 7.26. The molecule has 2 heterocycles. The van der Waals surface area contributed by atoms with E-state index in [-0.39, 0.29) is 29.6 Å². The number of nitrogens with two attached hydrogens (primary N) is 1. The highest BCUT2D eigenvalue weighted by Gasteiger charge is 2.24. The third-order valence-corrected chi connectivity index (χ3v) is 6.73. The Balaban J connectivity index is 1.67. The highest BCUT2D eigenvalue weighted by atomic mass is 32.1. The second-order valence-corrected chi connectivity index (χ2v) is 9.26. The fourth-order valence-electron chi connectivity index (χ4n) is 3.99. The zero-order valence-electron chi connectivity index (χ0n) is 19.5. The van der Waals surface area contributed by atoms with E-state index in [0.29, 0.717) is 18.4 Å². The van der Waals surface area contributed by atoms with Crippen LogP contribution in [-0.4, -0.2) is 39.6 Å². The smallest absolute Gasteiger partial charge is 0.275 e. The summed E-state index contributed by atoms with van der Waals surface area (Å²) in [6, 6.07) is 18.0. The number of ether oxygens (including phenoxy) is 1. The number of hydrogen-bond donors (Lipinski definition) is 1. The van der Waals surface area contributed by atoms with Gasteiger partial charge in [-0.1, -0.05) is 36.4 Å². The maximum absolute atomic E-state index is 13.6. The predicted octanol–water partition coefficient (Wildman–Crippen LogP) is 3.23. The van der Waals surface area contributed by atoms with Crippen molar-refractivity contribution in [1.82, 2.24) is 14.7 Å². The molecule has 0 saturated heterocycles. The first kappa shape index (κ1) is 24.2. The lowest BCUT2D eigenvalue weighted by Crippen LogP contribution is -2.43. The van der Waals surface area contributed by atoms with E-state index >= 15 is 0 Å². The molecule has 1 atom stereocenters. The minimum Gasteiger partial charge on any atom is -0.497 e. The first-order valence-corrected chi connectivity index (χ1v) is 12.0. The van der Waals surface area contributed by atoms with Crippen molar-refractivity contribution in [2.75, 3.05) is 7.11 Å². The van der Waals surface area contributed by atoms with Crippen LogP contribution in [0.2, 0.25) is 0 Å². The van der Waals surface area contributed by atoms with Gasteiger partial charge in [0.15, 0.2) is 5.69 Å². The van der Waals surface area contributed by atoms with E-state index in [9.17, 15) is 14.4 Å². The summed E-state index contributed by atoms with van der Waals surface area (Å²) in [4.78, 5) is 41.6. The van der Waals surface area contributed by atoms with Gasteiger partial charge in [0.2, 0.25) is 5.91 Å². The number of methoxy groups -OCH3 is 1. The summed E-state index contributed by atoms with van der Waals surface area (Å²) >= 11 is 1.63. The lowest BCUT2D eigenvalue weighted by Gasteiger charge is -2.29. The van der Waals surface area contributed by atoms with Crippen LogP contribution in [0, 0.1) is 0 Å². The van der Waals surface area contributed by atoms with Gasteiger partial charge in [-0.15, -0.1) is 11.3 Å². The van der Waals surface area contributed by atoms with Crippen molar-refractivity contribution in [1.29, 1.82) is 0 Å². The molecular formula is C26H26N4O4S. The monoisotopic (exact) mass is 490 g/mol. The Morgan fingerprint density at radius 2 is 1.80 bits per heavy atom. The number of benzene rings is 2. The van der Waals surface area contributed by atoms with Gasteiger partial charge in [-0.05, 0) is 42.1 Å². The zero-order valence-corrected chi connectivity index (χ0v) is 20.3. The molecule has 8 nitrogen and oxygen atoms in total. The third-order valence-electron chi connectivity index (χ3n) is 5.83. The van der Waals surface area contributed by atoms with Crippen molar-refractivity contribution in [3.8, 4) is 5.75 Å². The number of carbonyl (C=O) groups is 2. The fraction of sp³-hybridized carbons (Fsp3) is 0.231. The molecule has 0 bridgehead atoms. The van der Waals surface area contributed by atoms with Gasteiger partial charge in [0.25, 0.3) is 11.5 Å². The van der Waals surface area contributed by atoms with Gasteiger partial charge in [-0.25, -0.2) is 4.68 Å². The molecule has 180 valence electrons. The number of aromatic nitrogens is 2. The average molecular weight is 491 g/mol. The lowest BCUT2D eigenvalue weighted by atomic mass is 10.1. The van der Waals surface area contributed by atoms with Gasteiger partial charge in [0, 0.05) is 29.3 Å². The molecular weight excluding hydrogens is 464 g/mol. The van der Waals surface area contributed by atoms with Crippen molar-refractivity contribution >= 4 is 33.9 Å². The molecule has 0 aliphatic rings. The van der Waals surface area contributed by atoms with Crippen LogP contribution in [0.4, 0.5) is 0 Å². The summed E-state index contributed by atoms with van der Waals surface area (Å²) in [7, 11) is 1.60. The number of hydrogen-bond acceptors (Lipinski definition) is 6. The van der Waals surface area contributed by atoms with E-state index in [1.165, 1.54) is 0 Å². The van der Waals surface area contributed by atoms with Crippen molar-refractivity contribution in [3.63, 3.8) is 0 Å². The highest BCUT2D eigenvalue weighted by molar-refractivity contribution is 7.09. The summed E-state index contributed by atoms with van der Waals surface area (Å²) in [5.41, 5.74) is 5.95. The summed E-state index contributed by atoms with van der Waals surface area (Å²) in [6.45, 7) is 2.02. The van der Waals surface area contributed by atoms with Crippen LogP contribution in [0.25, 0.3) is 10.8 Å². The molecule has 0 aliphatic carbocycles. The largest absolute Gasteiger partial charge is 0.497 e. The molecule has 2 amide bonds. The topological polar surface area (TPSA) is 108 Å². The van der Waals surface area contributed by atoms with E-state index in [0.717, 1.165) is 20.9 Å². The van der Waals surface area contributed by atoms with Crippen molar-refractivity contribution in [2.24, 2.45) is 5.73 Å². The number of carbonyl (C=O) groups excluding carboxylic acids is 2. The molecule has 4 aromatic rings. The quantitative estimate of drug-likeness (QED) is 0.388. The van der Waals surface area contributed by atoms with Crippen LogP contribution >= 0.6 is 11.3 Å². The third kappa shape index (κ3) is 5.41. The van der Waals surface area contributed by atoms with E-state index in [2.05, 4.69) is 5.10 Å². The van der Waals surface area contributed by atoms with E-state index in [4.69, 9.17) is 10.5 Å². The molecule has 0 unspecified atom stereocenters. The second-order valence-electron chi connectivity index (χ2n) is 8.22. The molecule has 35 heavy (non-hydrogen) atoms. The van der Waals surface area contributed by atoms with Gasteiger partial charge in [0.1, 0.15) is 12.3 Å². The molecule has 2 N–H and O–H groups in total. The molecule has 4 rings (SSSR count). The average Bonchev–Trinajstić information content (AvgIpc) is 3.37. The summed E-state index contributed by atoms with van der Waals surface area (Å²) in [5, 5.41) is 6.82. The number of primary amides is 1. The molecule has 0 fully saturated rings. The molecule has 0 radical (unpaired) electrons. The number of fused-ring (bicyclic) bond motifs is 1. The maximum Gasteiger partial charge on any atom is 0.275 e. The first-order valence-electron chi connectivity index (χ1n) is 11.1. The van der Waals surface area contributed by atoms with E-state index < -0.39 is 11.5 Å². The van der Waals surface area contributed by atoms with Crippen LogP contribution in [0.15, 0.2) is 70.8 Å². The molecule has 0 saturated carbocycles. The van der Waals surface area contributed by atoms with E-state index in [1.54, 1.807) is 47.6 Å². The van der Waals surface area contributed by atoms with Gasteiger partial charge in [0.05, 0.1) is 12.5 Å². The fourth-order valence-corrected chi connectivity index (χ4v) is 4.82. The molecule has 0 spiro atoms. The molecule has 0 aliphatic heterocycles. The number of amides is 2. The summed E-state index contributed by atoms with van der Waals surface area (Å²) in [5.74, 6) is -0.321. The maximum atomic E-state index is 13.6. The molecule has 2 aromatic heterocycles. The van der Waals surface area contributed by atoms with Crippen LogP contribution in [0.3, 0.4) is 0 Å². The number of rotatable bonds is 9. The van der Waals surface area contributed by atoms with Crippen LogP contribution < -0.4 is 16.0 Å². The number of nitrogens with zero attached hydrogens (tertiary/aromatic N) is 3. The predicted molar refractivity (Wildman–Crippen MR) is 136 cm³/mol. The van der Waals surface area contributed by atoms with Crippen molar-refractivity contribution in [2.45, 2.75) is 32.5 Å². The summed E-state index contributed by atoms with van der Waals surface area (Å²) in [6.07, 6.45) is 0.673. The van der Waals surface area contributed by atoms with Crippen molar-refractivity contribution in [3.05, 3.63) is 92.5 Å². The highest BCUT2D eigenvalue weighted by Crippen LogP contribution is 2.19. The van der Waals surface area contributed by atoms with Crippen LogP contribution in [0.5, 0.6) is 5.75 Å². The minimum atomic E-state index is -0.761. The first-order chi connectivity index (χ1) is 16.9. The SMILES string of the molecule is COc1ccc(CN(C(=O)Cn2nc(C(N)=O)c3ccccc3c2=O)[C@@H](C)Cc2cccs2)cc1. The Bertz CT molecular complexity index is 1400. The van der Waals surface area contributed by atoms with Crippen LogP contribution in [0.1, 0.15) is 27.9 Å². The minimum absolute atomic E-state index is 0.0404. The van der Waals surface area contributed by atoms with E-state index in [1.807, 2.05) is 48.7 Å². The van der Waals surface area contributed by atoms with Crippen LogP contribution in [-0.2, 0) is 24.3 Å². The molecule has 2 aromatic carbocycles. The zero-order chi connectivity index (χ0) is 24.9. The lowest BCUT2D eigenvalue weighted by molar-refractivity contribution is -0.134. The van der Waals surface area contributed by atoms with Gasteiger partial charge in [-0.3, -0.25) is 14.4 Å².